The SMILES string of the molecule is CC(C)CN=C(N)NCC1CCCCN1Cc1ccccc1. The van der Waals surface area contributed by atoms with Crippen LogP contribution in [-0.4, -0.2) is 36.5 Å². The summed E-state index contributed by atoms with van der Waals surface area (Å²) in [4.78, 5) is 6.95. The lowest BCUT2D eigenvalue weighted by atomic mass is 10.0. The number of piperidine rings is 1. The zero-order chi connectivity index (χ0) is 15.8. The first-order chi connectivity index (χ1) is 10.6. The van der Waals surface area contributed by atoms with E-state index in [1.54, 1.807) is 0 Å². The monoisotopic (exact) mass is 302 g/mol. The molecule has 1 saturated heterocycles. The van der Waals surface area contributed by atoms with Gasteiger partial charge in [-0.1, -0.05) is 50.6 Å². The number of benzene rings is 1. The topological polar surface area (TPSA) is 53.6 Å². The highest BCUT2D eigenvalue weighted by molar-refractivity contribution is 5.77. The fourth-order valence-corrected chi connectivity index (χ4v) is 2.88. The van der Waals surface area contributed by atoms with E-state index >= 15 is 0 Å². The Labute approximate surface area is 134 Å². The summed E-state index contributed by atoms with van der Waals surface area (Å²) >= 11 is 0. The number of guanidine groups is 1. The van der Waals surface area contributed by atoms with Crippen molar-refractivity contribution in [2.45, 2.75) is 45.7 Å². The summed E-state index contributed by atoms with van der Waals surface area (Å²) in [5, 5.41) is 3.31. The average Bonchev–Trinajstić information content (AvgIpc) is 2.53. The smallest absolute Gasteiger partial charge is 0.188 e. The summed E-state index contributed by atoms with van der Waals surface area (Å²) in [6.07, 6.45) is 3.83. The summed E-state index contributed by atoms with van der Waals surface area (Å²) < 4.78 is 0. The quantitative estimate of drug-likeness (QED) is 0.627. The van der Waals surface area contributed by atoms with E-state index in [2.05, 4.69) is 59.4 Å². The highest BCUT2D eigenvalue weighted by Gasteiger charge is 2.22. The van der Waals surface area contributed by atoms with Crippen LogP contribution in [0.15, 0.2) is 35.3 Å². The minimum atomic E-state index is 0.543. The maximum absolute atomic E-state index is 5.96. The molecule has 2 rings (SSSR count). The van der Waals surface area contributed by atoms with Crippen molar-refractivity contribution < 1.29 is 0 Å². The Morgan fingerprint density at radius 1 is 1.32 bits per heavy atom. The Morgan fingerprint density at radius 3 is 2.82 bits per heavy atom. The average molecular weight is 302 g/mol. The molecular formula is C18H30N4. The zero-order valence-corrected chi connectivity index (χ0v) is 14.0. The highest BCUT2D eigenvalue weighted by atomic mass is 15.2. The third kappa shape index (κ3) is 5.68. The van der Waals surface area contributed by atoms with Crippen molar-refractivity contribution in [2.75, 3.05) is 19.6 Å². The Hall–Kier alpha value is -1.55. The maximum Gasteiger partial charge on any atom is 0.188 e. The second-order valence-electron chi connectivity index (χ2n) is 6.61. The van der Waals surface area contributed by atoms with Crippen molar-refractivity contribution in [1.82, 2.24) is 10.2 Å². The third-order valence-corrected chi connectivity index (χ3v) is 4.12. The lowest BCUT2D eigenvalue weighted by Gasteiger charge is -2.36. The first kappa shape index (κ1) is 16.8. The number of hydrogen-bond acceptors (Lipinski definition) is 2. The van der Waals surface area contributed by atoms with Gasteiger partial charge in [0.15, 0.2) is 5.96 Å². The van der Waals surface area contributed by atoms with Crippen molar-refractivity contribution in [3.8, 4) is 0 Å². The van der Waals surface area contributed by atoms with Crippen molar-refractivity contribution in [1.29, 1.82) is 0 Å². The molecule has 1 atom stereocenters. The highest BCUT2D eigenvalue weighted by Crippen LogP contribution is 2.19. The summed E-state index contributed by atoms with van der Waals surface area (Å²) in [5.41, 5.74) is 7.34. The molecule has 4 heteroatoms. The zero-order valence-electron chi connectivity index (χ0n) is 14.0. The van der Waals surface area contributed by atoms with Crippen molar-refractivity contribution in [2.24, 2.45) is 16.6 Å². The van der Waals surface area contributed by atoms with Gasteiger partial charge in [-0.15, -0.1) is 0 Å². The Kier molecular flexibility index (Phi) is 6.72. The van der Waals surface area contributed by atoms with Crippen LogP contribution in [0.5, 0.6) is 0 Å². The van der Waals surface area contributed by atoms with Gasteiger partial charge in [-0.3, -0.25) is 9.89 Å². The lowest BCUT2D eigenvalue weighted by Crippen LogP contribution is -2.47. The molecule has 122 valence electrons. The molecule has 4 nitrogen and oxygen atoms in total. The minimum Gasteiger partial charge on any atom is -0.370 e. The molecule has 0 amide bonds. The normalized spacial score (nSPS) is 20.3. The van der Waals surface area contributed by atoms with Gasteiger partial charge in [-0.05, 0) is 30.9 Å². The molecule has 1 fully saturated rings. The van der Waals surface area contributed by atoms with Crippen LogP contribution in [0.4, 0.5) is 0 Å². The van der Waals surface area contributed by atoms with Crippen LogP contribution in [-0.2, 0) is 6.54 Å². The van der Waals surface area contributed by atoms with Crippen LogP contribution in [0.25, 0.3) is 0 Å². The molecule has 0 aromatic heterocycles. The molecular weight excluding hydrogens is 272 g/mol. The van der Waals surface area contributed by atoms with E-state index in [1.807, 2.05) is 0 Å². The molecule has 1 unspecified atom stereocenters. The molecule has 0 radical (unpaired) electrons. The van der Waals surface area contributed by atoms with E-state index in [4.69, 9.17) is 5.73 Å². The standard InChI is InChI=1S/C18H30N4/c1-15(2)12-20-18(19)21-13-17-10-6-7-11-22(17)14-16-8-4-3-5-9-16/h3-5,8-9,15,17H,6-7,10-14H2,1-2H3,(H3,19,20,21). The van der Waals surface area contributed by atoms with Crippen molar-refractivity contribution in [3.05, 3.63) is 35.9 Å². The molecule has 1 aliphatic heterocycles. The molecule has 1 heterocycles. The van der Waals surface area contributed by atoms with Crippen molar-refractivity contribution >= 4 is 5.96 Å². The van der Waals surface area contributed by atoms with Gasteiger partial charge in [0.1, 0.15) is 0 Å². The van der Waals surface area contributed by atoms with Crippen LogP contribution in [0.2, 0.25) is 0 Å². The molecule has 3 N–H and O–H groups in total. The van der Waals surface area contributed by atoms with E-state index < -0.39 is 0 Å². The number of nitrogens with one attached hydrogen (secondary N) is 1. The lowest BCUT2D eigenvalue weighted by molar-refractivity contribution is 0.141. The number of rotatable bonds is 6. The van der Waals surface area contributed by atoms with Gasteiger partial charge in [-0.2, -0.15) is 0 Å². The summed E-state index contributed by atoms with van der Waals surface area (Å²) in [5.74, 6) is 1.13. The molecule has 0 spiro atoms. The van der Waals surface area contributed by atoms with Crippen LogP contribution in [0.3, 0.4) is 0 Å². The number of nitrogens with two attached hydrogens (primary N) is 1. The van der Waals surface area contributed by atoms with Gasteiger partial charge in [0.05, 0.1) is 0 Å². The summed E-state index contributed by atoms with van der Waals surface area (Å²) in [7, 11) is 0. The molecule has 1 aromatic rings. The molecule has 0 saturated carbocycles. The second-order valence-corrected chi connectivity index (χ2v) is 6.61. The minimum absolute atomic E-state index is 0.543. The molecule has 1 aromatic carbocycles. The van der Waals surface area contributed by atoms with Crippen molar-refractivity contribution in [3.63, 3.8) is 0 Å². The molecule has 22 heavy (non-hydrogen) atoms. The largest absolute Gasteiger partial charge is 0.370 e. The van der Waals surface area contributed by atoms with Gasteiger partial charge < -0.3 is 11.1 Å². The van der Waals surface area contributed by atoms with E-state index in [0.717, 1.165) is 19.6 Å². The summed E-state index contributed by atoms with van der Waals surface area (Å²) in [6, 6.07) is 11.3. The first-order valence-corrected chi connectivity index (χ1v) is 8.47. The van der Waals surface area contributed by atoms with Crippen LogP contribution < -0.4 is 11.1 Å². The molecule has 0 bridgehead atoms. The van der Waals surface area contributed by atoms with Gasteiger partial charge in [0.25, 0.3) is 0 Å². The van der Waals surface area contributed by atoms with E-state index in [-0.39, 0.29) is 0 Å². The van der Waals surface area contributed by atoms with Crippen LogP contribution in [0.1, 0.15) is 38.7 Å². The van der Waals surface area contributed by atoms with Gasteiger partial charge in [0, 0.05) is 25.7 Å². The van der Waals surface area contributed by atoms with E-state index in [1.165, 1.54) is 31.4 Å². The number of likely N-dealkylation sites (tertiary alicyclic amines) is 1. The Morgan fingerprint density at radius 2 is 2.09 bits per heavy atom. The number of hydrogen-bond donors (Lipinski definition) is 2. The number of aliphatic imine (C=N–C) groups is 1. The third-order valence-electron chi connectivity index (χ3n) is 4.12. The fourth-order valence-electron chi connectivity index (χ4n) is 2.88. The van der Waals surface area contributed by atoms with E-state index in [9.17, 15) is 0 Å². The fraction of sp³-hybridized carbons (Fsp3) is 0.611. The molecule has 1 aliphatic rings. The predicted octanol–water partition coefficient (Wildman–Crippen LogP) is 2.60. The Bertz CT molecular complexity index is 455. The maximum atomic E-state index is 5.96. The van der Waals surface area contributed by atoms with E-state index in [0.29, 0.717) is 17.9 Å². The first-order valence-electron chi connectivity index (χ1n) is 8.47. The number of nitrogens with zero attached hydrogens (tertiary/aromatic N) is 2. The van der Waals surface area contributed by atoms with Crippen LogP contribution >= 0.6 is 0 Å². The second kappa shape index (κ2) is 8.79. The molecule has 0 aliphatic carbocycles. The Balaban J connectivity index is 1.86. The summed E-state index contributed by atoms with van der Waals surface area (Å²) in [6.45, 7) is 8.18. The predicted molar refractivity (Wildman–Crippen MR) is 93.8 cm³/mol. The van der Waals surface area contributed by atoms with Gasteiger partial charge in [0.2, 0.25) is 0 Å². The van der Waals surface area contributed by atoms with Gasteiger partial charge >= 0.3 is 0 Å². The van der Waals surface area contributed by atoms with Gasteiger partial charge in [-0.25, -0.2) is 0 Å². The van der Waals surface area contributed by atoms with Crippen LogP contribution in [0, 0.1) is 5.92 Å².